The summed E-state index contributed by atoms with van der Waals surface area (Å²) in [4.78, 5) is 2.45. The molecule has 0 amide bonds. The summed E-state index contributed by atoms with van der Waals surface area (Å²) in [6.07, 6.45) is 2.03. The van der Waals surface area contributed by atoms with Crippen molar-refractivity contribution in [3.05, 3.63) is 0 Å². The van der Waals surface area contributed by atoms with Gasteiger partial charge in [0, 0.05) is 25.2 Å². The molecule has 2 aliphatic heterocycles. The normalized spacial score (nSPS) is 41.1. The number of aliphatic hydroxyl groups is 1. The fraction of sp³-hybridized carbons (Fsp3) is 1.00. The van der Waals surface area contributed by atoms with Gasteiger partial charge in [-0.25, -0.2) is 0 Å². The third-order valence-corrected chi connectivity index (χ3v) is 3.51. The molecule has 2 fully saturated rings. The second kappa shape index (κ2) is 3.23. The first-order valence-corrected chi connectivity index (χ1v) is 5.32. The molecule has 0 radical (unpaired) electrons. The number of nitrogens with one attached hydrogen (secondary N) is 1. The van der Waals surface area contributed by atoms with Gasteiger partial charge in [0.1, 0.15) is 0 Å². The second-order valence-electron chi connectivity index (χ2n) is 4.67. The predicted molar refractivity (Wildman–Crippen MR) is 52.7 cm³/mol. The smallest absolute Gasteiger partial charge is 0.0938 e. The van der Waals surface area contributed by atoms with E-state index in [1.165, 1.54) is 0 Å². The molecule has 2 atom stereocenters. The van der Waals surface area contributed by atoms with Crippen LogP contribution in [0.25, 0.3) is 0 Å². The topological polar surface area (TPSA) is 35.5 Å². The number of rotatable bonds is 1. The van der Waals surface area contributed by atoms with Crippen LogP contribution in [0.5, 0.6) is 0 Å². The molecule has 0 aromatic heterocycles. The first kappa shape index (κ1) is 9.44. The quantitative estimate of drug-likeness (QED) is 0.611. The van der Waals surface area contributed by atoms with E-state index in [4.69, 9.17) is 0 Å². The minimum absolute atomic E-state index is 0.397. The Kier molecular flexibility index (Phi) is 2.34. The maximum absolute atomic E-state index is 10.3. The van der Waals surface area contributed by atoms with Gasteiger partial charge in [0.25, 0.3) is 0 Å². The molecule has 3 heteroatoms. The number of likely N-dealkylation sites (tertiary alicyclic amines) is 1. The highest BCUT2D eigenvalue weighted by atomic mass is 16.3. The highest BCUT2D eigenvalue weighted by molar-refractivity contribution is 5.04. The Morgan fingerprint density at radius 1 is 1.54 bits per heavy atom. The van der Waals surface area contributed by atoms with Gasteiger partial charge >= 0.3 is 0 Å². The van der Waals surface area contributed by atoms with Gasteiger partial charge < -0.3 is 10.4 Å². The fourth-order valence-corrected chi connectivity index (χ4v) is 2.76. The van der Waals surface area contributed by atoms with Gasteiger partial charge in [0.15, 0.2) is 0 Å². The van der Waals surface area contributed by atoms with E-state index in [0.717, 1.165) is 32.5 Å². The lowest BCUT2D eigenvalue weighted by Gasteiger charge is -2.39. The van der Waals surface area contributed by atoms with Crippen molar-refractivity contribution >= 4 is 0 Å². The van der Waals surface area contributed by atoms with E-state index in [-0.39, 0.29) is 0 Å². The predicted octanol–water partition coefficient (Wildman–Crippen LogP) is 0.193. The summed E-state index contributed by atoms with van der Waals surface area (Å²) < 4.78 is 0. The maximum atomic E-state index is 10.3. The van der Waals surface area contributed by atoms with Gasteiger partial charge in [-0.2, -0.15) is 0 Å². The lowest BCUT2D eigenvalue weighted by atomic mass is 9.89. The summed E-state index contributed by atoms with van der Waals surface area (Å²) in [6.45, 7) is 7.32. The summed E-state index contributed by atoms with van der Waals surface area (Å²) in [6, 6.07) is 0.964. The Balaban J connectivity index is 2.12. The number of hydrogen-bond acceptors (Lipinski definition) is 3. The summed E-state index contributed by atoms with van der Waals surface area (Å²) in [5.74, 6) is 0. The average Bonchev–Trinajstić information content (AvgIpc) is 2.41. The van der Waals surface area contributed by atoms with Crippen molar-refractivity contribution in [1.29, 1.82) is 0 Å². The van der Waals surface area contributed by atoms with Gasteiger partial charge in [-0.15, -0.1) is 0 Å². The third kappa shape index (κ3) is 1.49. The van der Waals surface area contributed by atoms with E-state index in [2.05, 4.69) is 24.1 Å². The molecule has 76 valence electrons. The average molecular weight is 184 g/mol. The van der Waals surface area contributed by atoms with E-state index in [1.807, 2.05) is 0 Å². The zero-order valence-corrected chi connectivity index (χ0v) is 8.58. The molecule has 0 aromatic rings. The van der Waals surface area contributed by atoms with E-state index in [9.17, 15) is 5.11 Å². The van der Waals surface area contributed by atoms with Crippen molar-refractivity contribution < 1.29 is 5.11 Å². The Labute approximate surface area is 80.1 Å². The molecule has 0 aromatic carbocycles. The van der Waals surface area contributed by atoms with Crippen LogP contribution in [0.4, 0.5) is 0 Å². The molecular formula is C10H20N2O. The molecular weight excluding hydrogens is 164 g/mol. The second-order valence-corrected chi connectivity index (χ2v) is 4.67. The first-order chi connectivity index (χ1) is 6.13. The molecule has 2 aliphatic rings. The molecule has 0 saturated carbocycles. The number of β-amino-alcohol motifs (C(OH)–C–C–N with tert-alkyl or cyclic N) is 1. The van der Waals surface area contributed by atoms with Crippen LogP contribution in [-0.2, 0) is 0 Å². The Morgan fingerprint density at radius 3 is 3.00 bits per heavy atom. The van der Waals surface area contributed by atoms with E-state index >= 15 is 0 Å². The molecule has 0 spiro atoms. The summed E-state index contributed by atoms with van der Waals surface area (Å²) in [5.41, 5.74) is -0.442. The number of piperidine rings is 1. The lowest BCUT2D eigenvalue weighted by molar-refractivity contribution is -0.0199. The third-order valence-electron chi connectivity index (χ3n) is 3.51. The van der Waals surface area contributed by atoms with Gasteiger partial charge in [0.05, 0.1) is 5.60 Å². The van der Waals surface area contributed by atoms with E-state index < -0.39 is 5.60 Å². The van der Waals surface area contributed by atoms with Crippen LogP contribution in [0.2, 0.25) is 0 Å². The summed E-state index contributed by atoms with van der Waals surface area (Å²) >= 11 is 0. The molecule has 3 nitrogen and oxygen atoms in total. The zero-order valence-electron chi connectivity index (χ0n) is 8.58. The van der Waals surface area contributed by atoms with Crippen molar-refractivity contribution in [2.45, 2.75) is 44.4 Å². The van der Waals surface area contributed by atoms with Crippen molar-refractivity contribution in [1.82, 2.24) is 10.2 Å². The summed E-state index contributed by atoms with van der Waals surface area (Å²) in [7, 11) is 0. The maximum Gasteiger partial charge on any atom is 0.0938 e. The standard InChI is InChI=1S/C10H20N2O/c1-8(2)12-6-4-10(13)7-11-5-3-9(10)12/h8-9,11,13H,3-7H2,1-2H3/t9-,10-/m1/s1. The van der Waals surface area contributed by atoms with Crippen LogP contribution in [0, 0.1) is 0 Å². The number of fused-ring (bicyclic) bond motifs is 1. The van der Waals surface area contributed by atoms with Crippen molar-refractivity contribution in [3.8, 4) is 0 Å². The van der Waals surface area contributed by atoms with Crippen LogP contribution in [0.1, 0.15) is 26.7 Å². The SMILES string of the molecule is CC(C)N1CC[C@@]2(O)CNCC[C@@H]12. The van der Waals surface area contributed by atoms with Crippen LogP contribution in [0.3, 0.4) is 0 Å². The van der Waals surface area contributed by atoms with Crippen molar-refractivity contribution in [2.24, 2.45) is 0 Å². The minimum atomic E-state index is -0.442. The van der Waals surface area contributed by atoms with Gasteiger partial charge in [-0.1, -0.05) is 0 Å². The van der Waals surface area contributed by atoms with E-state index in [0.29, 0.717) is 12.1 Å². The van der Waals surface area contributed by atoms with Crippen LogP contribution in [0.15, 0.2) is 0 Å². The molecule has 2 saturated heterocycles. The highest BCUT2D eigenvalue weighted by Crippen LogP contribution is 2.33. The molecule has 13 heavy (non-hydrogen) atoms. The lowest BCUT2D eigenvalue weighted by Crippen LogP contribution is -2.57. The van der Waals surface area contributed by atoms with Crippen LogP contribution >= 0.6 is 0 Å². The number of hydrogen-bond donors (Lipinski definition) is 2. The van der Waals surface area contributed by atoms with Gasteiger partial charge in [0.2, 0.25) is 0 Å². The van der Waals surface area contributed by atoms with Crippen LogP contribution in [-0.4, -0.2) is 47.3 Å². The zero-order chi connectivity index (χ0) is 9.47. The van der Waals surface area contributed by atoms with Crippen molar-refractivity contribution in [3.63, 3.8) is 0 Å². The highest BCUT2D eigenvalue weighted by Gasteiger charge is 2.47. The first-order valence-electron chi connectivity index (χ1n) is 5.32. The number of nitrogens with zero attached hydrogens (tertiary/aromatic N) is 1. The fourth-order valence-electron chi connectivity index (χ4n) is 2.76. The molecule has 0 aliphatic carbocycles. The molecule has 0 bridgehead atoms. The van der Waals surface area contributed by atoms with Gasteiger partial charge in [-0.05, 0) is 33.2 Å². The largest absolute Gasteiger partial charge is 0.387 e. The Bertz CT molecular complexity index is 195. The molecule has 2 rings (SSSR count). The molecule has 2 N–H and O–H groups in total. The van der Waals surface area contributed by atoms with E-state index in [1.54, 1.807) is 0 Å². The van der Waals surface area contributed by atoms with Gasteiger partial charge in [-0.3, -0.25) is 4.90 Å². The Hall–Kier alpha value is -0.120. The molecule has 2 heterocycles. The monoisotopic (exact) mass is 184 g/mol. The summed E-state index contributed by atoms with van der Waals surface area (Å²) in [5, 5.41) is 13.6. The van der Waals surface area contributed by atoms with Crippen molar-refractivity contribution in [2.75, 3.05) is 19.6 Å². The Morgan fingerprint density at radius 2 is 2.31 bits per heavy atom. The minimum Gasteiger partial charge on any atom is -0.387 e. The molecule has 0 unspecified atom stereocenters. The van der Waals surface area contributed by atoms with Crippen LogP contribution < -0.4 is 5.32 Å².